The molecule has 0 radical (unpaired) electrons. The van der Waals surface area contributed by atoms with Crippen LogP contribution < -0.4 is 10.2 Å². The Morgan fingerprint density at radius 1 is 1.32 bits per heavy atom. The lowest BCUT2D eigenvalue weighted by Gasteiger charge is -2.35. The highest BCUT2D eigenvalue weighted by Gasteiger charge is 2.41. The van der Waals surface area contributed by atoms with Gasteiger partial charge in [-0.3, -0.25) is 4.79 Å². The molecule has 5 nitrogen and oxygen atoms in total. The number of rotatable bonds is 4. The third kappa shape index (κ3) is 4.81. The molecule has 31 heavy (non-hydrogen) atoms. The number of hydrogen-bond donors (Lipinski definition) is 1. The Morgan fingerprint density at radius 2 is 2.03 bits per heavy atom. The Bertz CT molecular complexity index is 1030. The highest BCUT2D eigenvalue weighted by atomic mass is 32.2. The van der Waals surface area contributed by atoms with E-state index in [9.17, 15) is 26.7 Å². The van der Waals surface area contributed by atoms with Crippen molar-refractivity contribution in [1.82, 2.24) is 9.97 Å². The minimum absolute atomic E-state index is 0.0983. The van der Waals surface area contributed by atoms with Crippen LogP contribution in [0, 0.1) is 6.92 Å². The summed E-state index contributed by atoms with van der Waals surface area (Å²) in [6.07, 6.45) is -1.45. The number of pyridine rings is 2. The summed E-state index contributed by atoms with van der Waals surface area (Å²) in [5, 5.41) is 3.17. The molecule has 1 amide bonds. The number of anilines is 2. The van der Waals surface area contributed by atoms with E-state index in [2.05, 4.69) is 21.9 Å². The van der Waals surface area contributed by atoms with Crippen LogP contribution in [-0.4, -0.2) is 41.1 Å². The SMILES string of the molecule is C=C1CN(c2ncc(C(F)(F)F)c(C)c2C(=O)Nc2ccnc(SC)c2)CCC1(F)F. The van der Waals surface area contributed by atoms with Crippen molar-refractivity contribution in [3.63, 3.8) is 0 Å². The molecule has 11 heteroatoms. The van der Waals surface area contributed by atoms with Crippen molar-refractivity contribution in [3.8, 4) is 0 Å². The standard InChI is InChI=1S/C20H19F5N4OS/c1-11-10-29(7-5-19(11,21)22)17-16(12(2)14(9-27-17)20(23,24)25)18(30)28-13-4-6-26-15(8-13)31-3/h4,6,8-9H,1,5,7,10H2,2-3H3,(H,26,28,30). The molecule has 0 unspecified atom stereocenters. The second-order valence-electron chi connectivity index (χ2n) is 7.01. The normalized spacial score (nSPS) is 16.4. The predicted molar refractivity (Wildman–Crippen MR) is 109 cm³/mol. The number of halogens is 5. The van der Waals surface area contributed by atoms with Crippen LogP contribution in [0.1, 0.15) is 27.9 Å². The van der Waals surface area contributed by atoms with Crippen LogP contribution in [0.5, 0.6) is 0 Å². The Kier molecular flexibility index (Phi) is 6.26. The Balaban J connectivity index is 2.05. The smallest absolute Gasteiger partial charge is 0.351 e. The molecule has 1 N–H and O–H groups in total. The number of carbonyl (C=O) groups is 1. The van der Waals surface area contributed by atoms with Gasteiger partial charge in [-0.25, -0.2) is 18.7 Å². The van der Waals surface area contributed by atoms with Gasteiger partial charge in [0.1, 0.15) is 5.82 Å². The zero-order chi connectivity index (χ0) is 23.0. The molecule has 0 bridgehead atoms. The molecular formula is C20H19F5N4OS. The largest absolute Gasteiger partial charge is 0.418 e. The van der Waals surface area contributed by atoms with Crippen LogP contribution in [0.3, 0.4) is 0 Å². The molecule has 3 rings (SSSR count). The van der Waals surface area contributed by atoms with Crippen molar-refractivity contribution in [1.29, 1.82) is 0 Å². The summed E-state index contributed by atoms with van der Waals surface area (Å²) in [7, 11) is 0. The van der Waals surface area contributed by atoms with Crippen molar-refractivity contribution in [3.05, 3.63) is 53.4 Å². The maximum absolute atomic E-state index is 13.8. The first kappa shape index (κ1) is 23.0. The number of nitrogens with one attached hydrogen (secondary N) is 1. The van der Waals surface area contributed by atoms with Crippen molar-refractivity contribution in [2.45, 2.75) is 30.5 Å². The lowest BCUT2D eigenvalue weighted by molar-refractivity contribution is -0.138. The van der Waals surface area contributed by atoms with E-state index >= 15 is 0 Å². The molecule has 2 aromatic rings. The van der Waals surface area contributed by atoms with E-state index < -0.39 is 30.0 Å². The first-order chi connectivity index (χ1) is 14.4. The number of carbonyl (C=O) groups excluding carboxylic acids is 1. The van der Waals surface area contributed by atoms with E-state index in [0.717, 1.165) is 6.92 Å². The summed E-state index contributed by atoms with van der Waals surface area (Å²) in [6, 6.07) is 3.07. The van der Waals surface area contributed by atoms with Crippen LogP contribution in [0.15, 0.2) is 41.7 Å². The molecule has 0 aliphatic carbocycles. The van der Waals surface area contributed by atoms with Crippen molar-refractivity contribution >= 4 is 29.2 Å². The monoisotopic (exact) mass is 458 g/mol. The average Bonchev–Trinajstić information content (AvgIpc) is 2.68. The summed E-state index contributed by atoms with van der Waals surface area (Å²) in [4.78, 5) is 22.3. The number of hydrogen-bond acceptors (Lipinski definition) is 5. The van der Waals surface area contributed by atoms with Gasteiger partial charge in [0.2, 0.25) is 0 Å². The fourth-order valence-electron chi connectivity index (χ4n) is 3.24. The molecule has 3 heterocycles. The summed E-state index contributed by atoms with van der Waals surface area (Å²) in [5.41, 5.74) is -1.78. The number of aromatic nitrogens is 2. The van der Waals surface area contributed by atoms with Gasteiger partial charge < -0.3 is 10.2 Å². The highest BCUT2D eigenvalue weighted by molar-refractivity contribution is 7.98. The van der Waals surface area contributed by atoms with Crippen LogP contribution in [0.25, 0.3) is 0 Å². The Hall–Kier alpha value is -2.69. The maximum Gasteiger partial charge on any atom is 0.418 e. The van der Waals surface area contributed by atoms with Crippen LogP contribution in [-0.2, 0) is 6.18 Å². The summed E-state index contributed by atoms with van der Waals surface area (Å²) >= 11 is 1.33. The minimum atomic E-state index is -4.73. The number of amides is 1. The number of piperidine rings is 1. The van der Waals surface area contributed by atoms with Gasteiger partial charge in [0.05, 0.1) is 16.2 Å². The van der Waals surface area contributed by atoms with E-state index in [1.54, 1.807) is 12.3 Å². The lowest BCUT2D eigenvalue weighted by atomic mass is 9.99. The van der Waals surface area contributed by atoms with Gasteiger partial charge in [-0.2, -0.15) is 13.2 Å². The van der Waals surface area contributed by atoms with Crippen molar-refractivity contribution in [2.24, 2.45) is 0 Å². The molecule has 1 fully saturated rings. The van der Waals surface area contributed by atoms with E-state index in [4.69, 9.17) is 0 Å². The summed E-state index contributed by atoms with van der Waals surface area (Å²) in [5.74, 6) is -4.00. The third-order valence-corrected chi connectivity index (χ3v) is 5.59. The number of nitrogens with zero attached hydrogens (tertiary/aromatic N) is 3. The van der Waals surface area contributed by atoms with Gasteiger partial charge in [0, 0.05) is 43.2 Å². The zero-order valence-electron chi connectivity index (χ0n) is 16.7. The molecule has 1 saturated heterocycles. The second kappa shape index (κ2) is 8.45. The molecule has 1 aliphatic heterocycles. The maximum atomic E-state index is 13.8. The lowest BCUT2D eigenvalue weighted by Crippen LogP contribution is -2.42. The van der Waals surface area contributed by atoms with Gasteiger partial charge in [0.15, 0.2) is 0 Å². The van der Waals surface area contributed by atoms with Gasteiger partial charge in [-0.1, -0.05) is 6.58 Å². The molecule has 0 spiro atoms. The molecule has 0 aromatic carbocycles. The van der Waals surface area contributed by atoms with Crippen LogP contribution in [0.4, 0.5) is 33.5 Å². The highest BCUT2D eigenvalue weighted by Crippen LogP contribution is 2.38. The summed E-state index contributed by atoms with van der Waals surface area (Å²) < 4.78 is 68.0. The van der Waals surface area contributed by atoms with E-state index in [-0.39, 0.29) is 35.6 Å². The molecule has 0 saturated carbocycles. The quantitative estimate of drug-likeness (QED) is 0.389. The first-order valence-electron chi connectivity index (χ1n) is 9.13. The molecular weight excluding hydrogens is 439 g/mol. The fraction of sp³-hybridized carbons (Fsp3) is 0.350. The molecule has 166 valence electrons. The van der Waals surface area contributed by atoms with Crippen molar-refractivity contribution in [2.75, 3.05) is 29.6 Å². The van der Waals surface area contributed by atoms with Gasteiger partial charge >= 0.3 is 6.18 Å². The summed E-state index contributed by atoms with van der Waals surface area (Å²) in [6.45, 7) is 4.03. The van der Waals surface area contributed by atoms with E-state index in [1.165, 1.54) is 28.9 Å². The zero-order valence-corrected chi connectivity index (χ0v) is 17.5. The fourth-order valence-corrected chi connectivity index (χ4v) is 3.65. The van der Waals surface area contributed by atoms with Gasteiger partial charge in [0.25, 0.3) is 11.8 Å². The average molecular weight is 458 g/mol. The van der Waals surface area contributed by atoms with E-state index in [1.807, 2.05) is 0 Å². The van der Waals surface area contributed by atoms with Gasteiger partial charge in [-0.15, -0.1) is 11.8 Å². The van der Waals surface area contributed by atoms with E-state index in [0.29, 0.717) is 16.9 Å². The number of thioether (sulfide) groups is 1. The molecule has 1 aliphatic rings. The minimum Gasteiger partial charge on any atom is -0.351 e. The van der Waals surface area contributed by atoms with Gasteiger partial charge in [-0.05, 0) is 30.9 Å². The van der Waals surface area contributed by atoms with Crippen LogP contribution in [0.2, 0.25) is 0 Å². The number of alkyl halides is 5. The predicted octanol–water partition coefficient (Wildman–Crippen LogP) is 5.18. The topological polar surface area (TPSA) is 58.1 Å². The second-order valence-corrected chi connectivity index (χ2v) is 7.84. The molecule has 2 aromatic heterocycles. The Labute approximate surface area is 179 Å². The first-order valence-corrected chi connectivity index (χ1v) is 10.4. The Morgan fingerprint density at radius 3 is 2.65 bits per heavy atom. The third-order valence-electron chi connectivity index (χ3n) is 4.95. The molecule has 0 atom stereocenters. The van der Waals surface area contributed by atoms with Crippen molar-refractivity contribution < 1.29 is 26.7 Å². The van der Waals surface area contributed by atoms with Crippen LogP contribution >= 0.6 is 11.8 Å².